The second kappa shape index (κ2) is 7.99. The summed E-state index contributed by atoms with van der Waals surface area (Å²) in [5.41, 5.74) is 1.08. The van der Waals surface area contributed by atoms with Crippen LogP contribution < -0.4 is 10.6 Å². The molecule has 0 bridgehead atoms. The van der Waals surface area contributed by atoms with Crippen LogP contribution in [0.15, 0.2) is 36.4 Å². The van der Waals surface area contributed by atoms with Crippen LogP contribution in [0.2, 0.25) is 10.0 Å². The molecule has 27 heavy (non-hydrogen) atoms. The number of halogens is 2. The molecule has 1 amide bonds. The fourth-order valence-corrected chi connectivity index (χ4v) is 3.08. The van der Waals surface area contributed by atoms with Crippen LogP contribution in [0.4, 0.5) is 23.0 Å². The zero-order chi connectivity index (χ0) is 19.6. The van der Waals surface area contributed by atoms with Crippen LogP contribution in [-0.4, -0.2) is 38.8 Å². The molecule has 0 aliphatic carbocycles. The Bertz CT molecular complexity index is 993. The van der Waals surface area contributed by atoms with Gasteiger partial charge in [0.1, 0.15) is 0 Å². The molecule has 0 radical (unpaired) electrons. The Balaban J connectivity index is 1.88. The lowest BCUT2D eigenvalue weighted by molar-refractivity contribution is 0.0824. The molecule has 140 valence electrons. The smallest absolute Gasteiger partial charge is 0.257 e. The molecule has 3 aromatic rings. The van der Waals surface area contributed by atoms with Gasteiger partial charge < -0.3 is 20.6 Å². The molecule has 7 nitrogen and oxygen atoms in total. The van der Waals surface area contributed by atoms with Crippen LogP contribution in [0.1, 0.15) is 10.4 Å². The number of aromatic nitrogens is 2. The average Bonchev–Trinajstić information content (AvgIpc) is 3.07. The van der Waals surface area contributed by atoms with Gasteiger partial charge in [-0.2, -0.15) is 8.75 Å². The van der Waals surface area contributed by atoms with Crippen LogP contribution in [0.25, 0.3) is 0 Å². The first-order valence-electron chi connectivity index (χ1n) is 7.72. The van der Waals surface area contributed by atoms with Gasteiger partial charge in [-0.25, -0.2) is 0 Å². The number of amides is 1. The summed E-state index contributed by atoms with van der Waals surface area (Å²) in [4.78, 5) is 13.6. The third-order valence-corrected chi connectivity index (χ3v) is 4.97. The van der Waals surface area contributed by atoms with Gasteiger partial charge in [-0.1, -0.05) is 35.3 Å². The van der Waals surface area contributed by atoms with Crippen molar-refractivity contribution < 1.29 is 9.90 Å². The Kier molecular flexibility index (Phi) is 5.69. The number of phenolic OH excluding ortho intramolecular Hbond substituents is 1. The van der Waals surface area contributed by atoms with Gasteiger partial charge in [0.2, 0.25) is 0 Å². The minimum absolute atomic E-state index is 0.170. The Hall–Kier alpha value is -2.55. The van der Waals surface area contributed by atoms with E-state index in [1.54, 1.807) is 50.5 Å². The highest BCUT2D eigenvalue weighted by molar-refractivity contribution is 6.99. The quantitative estimate of drug-likeness (QED) is 0.513. The van der Waals surface area contributed by atoms with E-state index in [0.29, 0.717) is 33.1 Å². The lowest BCUT2D eigenvalue weighted by Gasteiger charge is -2.14. The highest BCUT2D eigenvalue weighted by Crippen LogP contribution is 2.36. The van der Waals surface area contributed by atoms with Gasteiger partial charge in [0.25, 0.3) is 5.91 Å². The molecule has 2 aromatic carbocycles. The zero-order valence-electron chi connectivity index (χ0n) is 14.3. The lowest BCUT2D eigenvalue weighted by Crippen LogP contribution is -2.21. The number of hydrogen-bond acceptors (Lipinski definition) is 7. The van der Waals surface area contributed by atoms with E-state index in [1.807, 2.05) is 0 Å². The standard InChI is InChI=1S/C17H15Cl2N5O2S/c1-24(2)17(26)9-5-3-8-12(14(9)25)21-16-15(22-27-23-16)20-11-7-4-6-10(18)13(11)19/h3-8,25H,1-2H3,(H,20,22)(H,21,23). The SMILES string of the molecule is CN(C)C(=O)c1cccc(Nc2nsnc2Nc2cccc(Cl)c2Cl)c1O. The molecule has 0 atom stereocenters. The van der Waals surface area contributed by atoms with Crippen molar-refractivity contribution in [1.82, 2.24) is 13.6 Å². The van der Waals surface area contributed by atoms with Crippen molar-refractivity contribution in [3.8, 4) is 5.75 Å². The van der Waals surface area contributed by atoms with E-state index in [4.69, 9.17) is 23.2 Å². The molecule has 0 fully saturated rings. The first kappa shape index (κ1) is 19.2. The summed E-state index contributed by atoms with van der Waals surface area (Å²) in [6.07, 6.45) is 0. The van der Waals surface area contributed by atoms with E-state index in [-0.39, 0.29) is 17.2 Å². The maximum atomic E-state index is 12.2. The van der Waals surface area contributed by atoms with Crippen molar-refractivity contribution in [3.63, 3.8) is 0 Å². The molecule has 1 heterocycles. The van der Waals surface area contributed by atoms with Gasteiger partial charge in [-0.15, -0.1) is 0 Å². The molecule has 10 heteroatoms. The van der Waals surface area contributed by atoms with E-state index in [1.165, 1.54) is 4.90 Å². The summed E-state index contributed by atoms with van der Waals surface area (Å²) in [5, 5.41) is 17.3. The number of anilines is 4. The number of benzene rings is 2. The molecule has 0 unspecified atom stereocenters. The Labute approximate surface area is 169 Å². The number of para-hydroxylation sites is 1. The molecular weight excluding hydrogens is 409 g/mol. The maximum Gasteiger partial charge on any atom is 0.257 e. The van der Waals surface area contributed by atoms with Gasteiger partial charge in [0, 0.05) is 14.1 Å². The first-order valence-corrected chi connectivity index (χ1v) is 9.21. The van der Waals surface area contributed by atoms with Crippen molar-refractivity contribution in [2.24, 2.45) is 0 Å². The molecule has 3 N–H and O–H groups in total. The van der Waals surface area contributed by atoms with Gasteiger partial charge in [0.05, 0.1) is 38.7 Å². The Morgan fingerprint density at radius 2 is 1.63 bits per heavy atom. The minimum atomic E-state index is -0.309. The molecule has 0 spiro atoms. The number of nitrogens with one attached hydrogen (secondary N) is 2. The summed E-state index contributed by atoms with van der Waals surface area (Å²) in [7, 11) is 3.23. The molecule has 3 rings (SSSR count). The summed E-state index contributed by atoms with van der Waals surface area (Å²) >= 11 is 13.2. The highest BCUT2D eigenvalue weighted by atomic mass is 35.5. The number of rotatable bonds is 5. The predicted molar refractivity (Wildman–Crippen MR) is 109 cm³/mol. The first-order chi connectivity index (χ1) is 12.9. The fraction of sp³-hybridized carbons (Fsp3) is 0.118. The van der Waals surface area contributed by atoms with Gasteiger partial charge in [0.15, 0.2) is 17.4 Å². The summed E-state index contributed by atoms with van der Waals surface area (Å²) < 4.78 is 8.38. The van der Waals surface area contributed by atoms with Crippen LogP contribution in [0.5, 0.6) is 5.75 Å². The average molecular weight is 424 g/mol. The van der Waals surface area contributed by atoms with Gasteiger partial charge in [-0.3, -0.25) is 4.79 Å². The lowest BCUT2D eigenvalue weighted by atomic mass is 10.1. The molecule has 1 aromatic heterocycles. The van der Waals surface area contributed by atoms with Crippen LogP contribution in [-0.2, 0) is 0 Å². The van der Waals surface area contributed by atoms with Crippen molar-refractivity contribution in [3.05, 3.63) is 52.0 Å². The summed E-state index contributed by atoms with van der Waals surface area (Å²) in [5.74, 6) is 0.307. The third kappa shape index (κ3) is 4.08. The third-order valence-electron chi connectivity index (χ3n) is 3.62. The van der Waals surface area contributed by atoms with E-state index < -0.39 is 0 Å². The van der Waals surface area contributed by atoms with E-state index in [0.717, 1.165) is 11.7 Å². The number of carbonyl (C=O) groups excluding carboxylic acids is 1. The number of phenols is 1. The van der Waals surface area contributed by atoms with Crippen molar-refractivity contribution in [1.29, 1.82) is 0 Å². The molecule has 0 saturated heterocycles. The Morgan fingerprint density at radius 3 is 2.30 bits per heavy atom. The van der Waals surface area contributed by atoms with E-state index in [2.05, 4.69) is 19.4 Å². The summed E-state index contributed by atoms with van der Waals surface area (Å²) in [6, 6.07) is 10.0. The molecular formula is C17H15Cl2N5O2S. The van der Waals surface area contributed by atoms with Crippen molar-refractivity contribution >= 4 is 63.8 Å². The molecule has 0 saturated carbocycles. The maximum absolute atomic E-state index is 12.2. The normalized spacial score (nSPS) is 10.5. The number of carbonyl (C=O) groups is 1. The van der Waals surface area contributed by atoms with Crippen LogP contribution >= 0.6 is 34.9 Å². The molecule has 0 aliphatic rings. The number of hydrogen-bond donors (Lipinski definition) is 3. The minimum Gasteiger partial charge on any atom is -0.505 e. The molecule has 0 aliphatic heterocycles. The van der Waals surface area contributed by atoms with Gasteiger partial charge >= 0.3 is 0 Å². The second-order valence-corrected chi connectivity index (χ2v) is 7.03. The largest absolute Gasteiger partial charge is 0.505 e. The van der Waals surface area contributed by atoms with Gasteiger partial charge in [-0.05, 0) is 24.3 Å². The van der Waals surface area contributed by atoms with Crippen molar-refractivity contribution in [2.45, 2.75) is 0 Å². The fourth-order valence-electron chi connectivity index (χ4n) is 2.27. The zero-order valence-corrected chi connectivity index (χ0v) is 16.7. The number of aromatic hydroxyl groups is 1. The summed E-state index contributed by atoms with van der Waals surface area (Å²) in [6.45, 7) is 0. The topological polar surface area (TPSA) is 90.4 Å². The van der Waals surface area contributed by atoms with Crippen LogP contribution in [0, 0.1) is 0 Å². The second-order valence-electron chi connectivity index (χ2n) is 5.71. The van der Waals surface area contributed by atoms with Crippen molar-refractivity contribution in [2.75, 3.05) is 24.7 Å². The predicted octanol–water partition coefficient (Wildman–Crippen LogP) is 4.74. The van der Waals surface area contributed by atoms with Crippen LogP contribution in [0.3, 0.4) is 0 Å². The Morgan fingerprint density at radius 1 is 1.04 bits per heavy atom. The van der Waals surface area contributed by atoms with E-state index in [9.17, 15) is 9.90 Å². The number of nitrogens with zero attached hydrogens (tertiary/aromatic N) is 3. The monoisotopic (exact) mass is 423 g/mol. The van der Waals surface area contributed by atoms with E-state index >= 15 is 0 Å². The highest BCUT2D eigenvalue weighted by Gasteiger charge is 2.18.